The minimum atomic E-state index is -0.935. The van der Waals surface area contributed by atoms with Gasteiger partial charge in [0, 0.05) is 31.4 Å². The molecule has 0 unspecified atom stereocenters. The van der Waals surface area contributed by atoms with E-state index in [1.165, 1.54) is 6.92 Å². The van der Waals surface area contributed by atoms with Crippen LogP contribution in [-0.4, -0.2) is 17.0 Å². The zero-order valence-corrected chi connectivity index (χ0v) is 15.6. The van der Waals surface area contributed by atoms with Crippen molar-refractivity contribution in [3.63, 3.8) is 0 Å². The molecule has 0 fully saturated rings. The van der Waals surface area contributed by atoms with Crippen molar-refractivity contribution >= 4 is 23.3 Å². The summed E-state index contributed by atoms with van der Waals surface area (Å²) in [5.74, 6) is -1.05. The van der Waals surface area contributed by atoms with E-state index in [1.807, 2.05) is 54.6 Å². The first-order valence-corrected chi connectivity index (χ1v) is 9.00. The van der Waals surface area contributed by atoms with Crippen molar-refractivity contribution in [2.24, 2.45) is 0 Å². The first-order chi connectivity index (χ1) is 13.5. The Kier molecular flexibility index (Phi) is 6.07. The number of nitrogens with zero attached hydrogens (tertiary/aromatic N) is 1. The molecular weight excluding hydrogens is 352 g/mol. The van der Waals surface area contributed by atoms with Crippen molar-refractivity contribution in [3.8, 4) is 0 Å². The number of nitrogens with one attached hydrogen (secondary N) is 1. The van der Waals surface area contributed by atoms with Gasteiger partial charge in [-0.2, -0.15) is 0 Å². The average molecular weight is 374 g/mol. The molecule has 0 bridgehead atoms. The first-order valence-electron chi connectivity index (χ1n) is 9.00. The van der Waals surface area contributed by atoms with E-state index in [1.54, 1.807) is 12.1 Å². The number of carbonyl (C=O) groups is 2. The van der Waals surface area contributed by atoms with E-state index in [-0.39, 0.29) is 11.5 Å². The van der Waals surface area contributed by atoms with E-state index < -0.39 is 5.97 Å². The van der Waals surface area contributed by atoms with Crippen LogP contribution in [0.25, 0.3) is 0 Å². The van der Waals surface area contributed by atoms with Crippen LogP contribution in [0.3, 0.4) is 0 Å². The van der Waals surface area contributed by atoms with Gasteiger partial charge < -0.3 is 15.3 Å². The van der Waals surface area contributed by atoms with Gasteiger partial charge in [-0.1, -0.05) is 48.5 Å². The number of anilines is 2. The standard InChI is InChI=1S/C23H22N2O3/c1-17(26)24-21-8-5-9-22(14-21)25(15-18-6-3-2-4-7-18)16-19-10-12-20(13-11-19)23(27)28/h2-14H,15-16H2,1H3,(H,24,26)(H,27,28). The smallest absolute Gasteiger partial charge is 0.335 e. The van der Waals surface area contributed by atoms with Crippen LogP contribution in [0.1, 0.15) is 28.4 Å². The number of amides is 1. The molecule has 3 rings (SSSR count). The van der Waals surface area contributed by atoms with E-state index >= 15 is 0 Å². The highest BCUT2D eigenvalue weighted by Crippen LogP contribution is 2.24. The molecule has 5 heteroatoms. The van der Waals surface area contributed by atoms with Gasteiger partial charge in [-0.25, -0.2) is 4.79 Å². The van der Waals surface area contributed by atoms with Gasteiger partial charge in [-0.3, -0.25) is 4.79 Å². The maximum absolute atomic E-state index is 11.4. The quantitative estimate of drug-likeness (QED) is 0.636. The molecule has 0 heterocycles. The number of carbonyl (C=O) groups excluding carboxylic acids is 1. The van der Waals surface area contributed by atoms with Crippen LogP contribution in [0.2, 0.25) is 0 Å². The van der Waals surface area contributed by atoms with E-state index in [9.17, 15) is 9.59 Å². The number of carboxylic acids is 1. The minimum Gasteiger partial charge on any atom is -0.478 e. The molecule has 1 amide bonds. The molecule has 0 aliphatic rings. The van der Waals surface area contributed by atoms with Crippen LogP contribution in [-0.2, 0) is 17.9 Å². The molecule has 0 aliphatic heterocycles. The van der Waals surface area contributed by atoms with E-state index in [0.29, 0.717) is 13.1 Å². The van der Waals surface area contributed by atoms with Crippen LogP contribution in [0.4, 0.5) is 11.4 Å². The number of rotatable bonds is 7. The van der Waals surface area contributed by atoms with Gasteiger partial charge in [0.2, 0.25) is 5.91 Å². The number of aromatic carboxylic acids is 1. The van der Waals surface area contributed by atoms with Crippen molar-refractivity contribution < 1.29 is 14.7 Å². The van der Waals surface area contributed by atoms with E-state index in [4.69, 9.17) is 5.11 Å². The van der Waals surface area contributed by atoms with Gasteiger partial charge in [-0.05, 0) is 41.5 Å². The maximum atomic E-state index is 11.4. The number of hydrogen-bond donors (Lipinski definition) is 2. The summed E-state index contributed by atoms with van der Waals surface area (Å²) in [6, 6.07) is 24.7. The Hall–Kier alpha value is -3.60. The Labute approximate surface area is 164 Å². The summed E-state index contributed by atoms with van der Waals surface area (Å²) >= 11 is 0. The zero-order valence-electron chi connectivity index (χ0n) is 15.6. The molecule has 0 aliphatic carbocycles. The third kappa shape index (κ3) is 5.20. The molecule has 142 valence electrons. The summed E-state index contributed by atoms with van der Waals surface area (Å²) in [5.41, 5.74) is 4.15. The number of benzene rings is 3. The zero-order chi connectivity index (χ0) is 19.9. The molecule has 0 radical (unpaired) electrons. The lowest BCUT2D eigenvalue weighted by Crippen LogP contribution is -2.22. The second-order valence-corrected chi connectivity index (χ2v) is 6.58. The fourth-order valence-corrected chi connectivity index (χ4v) is 3.00. The molecule has 28 heavy (non-hydrogen) atoms. The summed E-state index contributed by atoms with van der Waals surface area (Å²) in [5, 5.41) is 11.9. The average Bonchev–Trinajstić information content (AvgIpc) is 2.68. The molecule has 0 saturated heterocycles. The monoisotopic (exact) mass is 374 g/mol. The van der Waals surface area contributed by atoms with Crippen molar-refractivity contribution in [3.05, 3.63) is 95.6 Å². The van der Waals surface area contributed by atoms with Crippen LogP contribution < -0.4 is 10.2 Å². The van der Waals surface area contributed by atoms with Gasteiger partial charge in [0.1, 0.15) is 0 Å². The Morgan fingerprint density at radius 1 is 0.857 bits per heavy atom. The van der Waals surface area contributed by atoms with E-state index in [2.05, 4.69) is 22.3 Å². The van der Waals surface area contributed by atoms with E-state index in [0.717, 1.165) is 22.5 Å². The molecule has 0 atom stereocenters. The summed E-state index contributed by atoms with van der Waals surface area (Å²) in [4.78, 5) is 24.7. The molecule has 2 N–H and O–H groups in total. The minimum absolute atomic E-state index is 0.115. The fourth-order valence-electron chi connectivity index (χ4n) is 3.00. The number of carboxylic acid groups (broad SMARTS) is 1. The molecular formula is C23H22N2O3. The third-order valence-corrected chi connectivity index (χ3v) is 4.32. The molecule has 5 nitrogen and oxygen atoms in total. The largest absolute Gasteiger partial charge is 0.478 e. The Morgan fingerprint density at radius 3 is 2.11 bits per heavy atom. The van der Waals surface area contributed by atoms with Gasteiger partial charge in [0.25, 0.3) is 0 Å². The second-order valence-electron chi connectivity index (χ2n) is 6.58. The number of hydrogen-bond acceptors (Lipinski definition) is 3. The highest BCUT2D eigenvalue weighted by atomic mass is 16.4. The Morgan fingerprint density at radius 2 is 1.50 bits per heavy atom. The SMILES string of the molecule is CC(=O)Nc1cccc(N(Cc2ccccc2)Cc2ccc(C(=O)O)cc2)c1. The lowest BCUT2D eigenvalue weighted by Gasteiger charge is -2.26. The van der Waals surface area contributed by atoms with Crippen LogP contribution in [0, 0.1) is 0 Å². The maximum Gasteiger partial charge on any atom is 0.335 e. The molecule has 0 spiro atoms. The van der Waals surface area contributed by atoms with Gasteiger partial charge in [-0.15, -0.1) is 0 Å². The topological polar surface area (TPSA) is 69.6 Å². The normalized spacial score (nSPS) is 10.3. The van der Waals surface area contributed by atoms with Crippen LogP contribution in [0.5, 0.6) is 0 Å². The summed E-state index contributed by atoms with van der Waals surface area (Å²) < 4.78 is 0. The summed E-state index contributed by atoms with van der Waals surface area (Å²) in [6.07, 6.45) is 0. The highest BCUT2D eigenvalue weighted by Gasteiger charge is 2.11. The van der Waals surface area contributed by atoms with Crippen molar-refractivity contribution in [1.82, 2.24) is 0 Å². The van der Waals surface area contributed by atoms with Crippen LogP contribution >= 0.6 is 0 Å². The molecule has 3 aromatic rings. The third-order valence-electron chi connectivity index (χ3n) is 4.32. The lowest BCUT2D eigenvalue weighted by molar-refractivity contribution is -0.114. The summed E-state index contributed by atoms with van der Waals surface area (Å²) in [7, 11) is 0. The molecule has 0 aromatic heterocycles. The van der Waals surface area contributed by atoms with Crippen molar-refractivity contribution in [2.45, 2.75) is 20.0 Å². The van der Waals surface area contributed by atoms with Crippen molar-refractivity contribution in [2.75, 3.05) is 10.2 Å². The second kappa shape index (κ2) is 8.86. The van der Waals surface area contributed by atoms with Crippen molar-refractivity contribution in [1.29, 1.82) is 0 Å². The van der Waals surface area contributed by atoms with Gasteiger partial charge >= 0.3 is 5.97 Å². The van der Waals surface area contributed by atoms with Gasteiger partial charge in [0.15, 0.2) is 0 Å². The Balaban J connectivity index is 1.88. The predicted molar refractivity (Wildman–Crippen MR) is 110 cm³/mol. The molecule has 0 saturated carbocycles. The summed E-state index contributed by atoms with van der Waals surface area (Å²) in [6.45, 7) is 2.78. The highest BCUT2D eigenvalue weighted by molar-refractivity contribution is 5.89. The first kappa shape index (κ1) is 19.2. The fraction of sp³-hybridized carbons (Fsp3) is 0.130. The lowest BCUT2D eigenvalue weighted by atomic mass is 10.1. The Bertz CT molecular complexity index is 953. The van der Waals surface area contributed by atoms with Crippen LogP contribution in [0.15, 0.2) is 78.9 Å². The predicted octanol–water partition coefficient (Wildman–Crippen LogP) is 4.55. The van der Waals surface area contributed by atoms with Gasteiger partial charge in [0.05, 0.1) is 5.56 Å². The molecule has 3 aromatic carbocycles.